The molecule has 0 aliphatic rings. The zero-order valence-electron chi connectivity index (χ0n) is 15.7. The molecule has 0 aliphatic heterocycles. The van der Waals surface area contributed by atoms with Crippen LogP contribution >= 0.6 is 11.3 Å². The highest BCUT2D eigenvalue weighted by Gasteiger charge is 2.17. The highest BCUT2D eigenvalue weighted by atomic mass is 32.1. The van der Waals surface area contributed by atoms with Crippen molar-refractivity contribution in [1.29, 1.82) is 0 Å². The van der Waals surface area contributed by atoms with E-state index in [1.54, 1.807) is 25.5 Å². The first-order valence-electron chi connectivity index (χ1n) is 8.44. The van der Waals surface area contributed by atoms with Gasteiger partial charge in [0.1, 0.15) is 10.8 Å². The largest absolute Gasteiger partial charge is 0.497 e. The number of rotatable bonds is 6. The van der Waals surface area contributed by atoms with Gasteiger partial charge in [0, 0.05) is 24.4 Å². The lowest BCUT2D eigenvalue weighted by molar-refractivity contribution is 0.414. The van der Waals surface area contributed by atoms with E-state index in [-0.39, 0.29) is 5.41 Å². The van der Waals surface area contributed by atoms with Crippen LogP contribution in [0.1, 0.15) is 37.0 Å². The van der Waals surface area contributed by atoms with Crippen molar-refractivity contribution >= 4 is 17.3 Å². The molecule has 0 amide bonds. The van der Waals surface area contributed by atoms with E-state index in [1.165, 1.54) is 5.56 Å². The molecule has 0 spiro atoms. The van der Waals surface area contributed by atoms with Gasteiger partial charge in [-0.25, -0.2) is 4.98 Å². The van der Waals surface area contributed by atoms with E-state index in [2.05, 4.69) is 53.9 Å². The van der Waals surface area contributed by atoms with Crippen LogP contribution < -0.4 is 15.4 Å². The van der Waals surface area contributed by atoms with Gasteiger partial charge in [-0.1, -0.05) is 32.9 Å². The summed E-state index contributed by atoms with van der Waals surface area (Å²) in [6.07, 6.45) is 0.927. The van der Waals surface area contributed by atoms with Crippen molar-refractivity contribution in [3.63, 3.8) is 0 Å². The molecule has 5 nitrogen and oxygen atoms in total. The summed E-state index contributed by atoms with van der Waals surface area (Å²) in [5.41, 5.74) is 2.49. The Kier molecular flexibility index (Phi) is 6.82. The second-order valence-electron chi connectivity index (χ2n) is 6.83. The van der Waals surface area contributed by atoms with E-state index in [9.17, 15) is 0 Å². The summed E-state index contributed by atoms with van der Waals surface area (Å²) in [4.78, 5) is 8.96. The van der Waals surface area contributed by atoms with Gasteiger partial charge in [0.2, 0.25) is 0 Å². The number of benzene rings is 1. The number of ether oxygens (including phenoxy) is 1. The standard InChI is InChI=1S/C19H28N4OS/c1-19(2,3)16-13-25-17(23-16)12-22-18(20-4)21-11-10-14-6-8-15(24-5)9-7-14/h6-9,13H,10-12H2,1-5H3,(H2,20,21,22). The van der Waals surface area contributed by atoms with Crippen molar-refractivity contribution in [1.82, 2.24) is 15.6 Å². The number of hydrogen-bond acceptors (Lipinski definition) is 4. The normalized spacial score (nSPS) is 12.1. The molecule has 0 aliphatic carbocycles. The van der Waals surface area contributed by atoms with Crippen molar-refractivity contribution < 1.29 is 4.74 Å². The molecule has 0 fully saturated rings. The van der Waals surface area contributed by atoms with Gasteiger partial charge < -0.3 is 15.4 Å². The van der Waals surface area contributed by atoms with Gasteiger partial charge in [0.25, 0.3) is 0 Å². The van der Waals surface area contributed by atoms with Crippen molar-refractivity contribution in [2.24, 2.45) is 4.99 Å². The number of hydrogen-bond donors (Lipinski definition) is 2. The number of aliphatic imine (C=N–C) groups is 1. The van der Waals surface area contributed by atoms with Crippen LogP contribution in [0.15, 0.2) is 34.6 Å². The Bertz CT molecular complexity index is 686. The average Bonchev–Trinajstić information content (AvgIpc) is 3.08. The first-order chi connectivity index (χ1) is 11.9. The smallest absolute Gasteiger partial charge is 0.191 e. The summed E-state index contributed by atoms with van der Waals surface area (Å²) in [5.74, 6) is 1.67. The Hall–Kier alpha value is -2.08. The molecular weight excluding hydrogens is 332 g/mol. The van der Waals surface area contributed by atoms with Gasteiger partial charge in [-0.15, -0.1) is 11.3 Å². The van der Waals surface area contributed by atoms with E-state index in [0.29, 0.717) is 6.54 Å². The fourth-order valence-electron chi connectivity index (χ4n) is 2.23. The lowest BCUT2D eigenvalue weighted by Gasteiger charge is -2.14. The van der Waals surface area contributed by atoms with Crippen LogP contribution in [0, 0.1) is 0 Å². The number of aromatic nitrogens is 1. The molecule has 2 N–H and O–H groups in total. The topological polar surface area (TPSA) is 58.5 Å². The molecule has 2 aromatic rings. The van der Waals surface area contributed by atoms with Crippen LogP contribution in [0.3, 0.4) is 0 Å². The summed E-state index contributed by atoms with van der Waals surface area (Å²) in [7, 11) is 3.46. The molecule has 2 rings (SSSR count). The van der Waals surface area contributed by atoms with Crippen LogP contribution in [0.5, 0.6) is 5.75 Å². The minimum absolute atomic E-state index is 0.0903. The molecule has 25 heavy (non-hydrogen) atoms. The Morgan fingerprint density at radius 1 is 1.20 bits per heavy atom. The number of nitrogens with one attached hydrogen (secondary N) is 2. The molecule has 1 heterocycles. The quantitative estimate of drug-likeness (QED) is 0.613. The number of nitrogens with zero attached hydrogens (tertiary/aromatic N) is 2. The fraction of sp³-hybridized carbons (Fsp3) is 0.474. The Balaban J connectivity index is 1.77. The summed E-state index contributed by atoms with van der Waals surface area (Å²) in [6.45, 7) is 8.04. The van der Waals surface area contributed by atoms with Crippen LogP contribution in [-0.2, 0) is 18.4 Å². The van der Waals surface area contributed by atoms with Gasteiger partial charge in [-0.05, 0) is 24.1 Å². The number of methoxy groups -OCH3 is 1. The molecular formula is C19H28N4OS. The average molecular weight is 361 g/mol. The van der Waals surface area contributed by atoms with E-state index in [4.69, 9.17) is 9.72 Å². The van der Waals surface area contributed by atoms with Gasteiger partial charge in [0.15, 0.2) is 5.96 Å². The van der Waals surface area contributed by atoms with Gasteiger partial charge >= 0.3 is 0 Å². The van der Waals surface area contributed by atoms with Crippen LogP contribution in [0.2, 0.25) is 0 Å². The van der Waals surface area contributed by atoms with Crippen LogP contribution in [0.25, 0.3) is 0 Å². The first kappa shape index (κ1) is 19.2. The predicted octanol–water partition coefficient (Wildman–Crippen LogP) is 3.36. The van der Waals surface area contributed by atoms with Gasteiger partial charge in [0.05, 0.1) is 19.3 Å². The maximum Gasteiger partial charge on any atom is 0.191 e. The first-order valence-corrected chi connectivity index (χ1v) is 9.32. The van der Waals surface area contributed by atoms with Crippen molar-refractivity contribution in [3.8, 4) is 5.75 Å². The van der Waals surface area contributed by atoms with Crippen LogP contribution in [0.4, 0.5) is 0 Å². The van der Waals surface area contributed by atoms with Gasteiger partial charge in [-0.3, -0.25) is 4.99 Å². The highest BCUT2D eigenvalue weighted by Crippen LogP contribution is 2.23. The van der Waals surface area contributed by atoms with Crippen molar-refractivity contribution in [2.75, 3.05) is 20.7 Å². The van der Waals surface area contributed by atoms with Crippen LogP contribution in [-0.4, -0.2) is 31.6 Å². The molecule has 0 bridgehead atoms. The maximum atomic E-state index is 5.18. The molecule has 0 unspecified atom stereocenters. The maximum absolute atomic E-state index is 5.18. The molecule has 0 radical (unpaired) electrons. The predicted molar refractivity (Wildman–Crippen MR) is 106 cm³/mol. The SMILES string of the molecule is CN=C(NCCc1ccc(OC)cc1)NCc1nc(C(C)(C)C)cs1. The lowest BCUT2D eigenvalue weighted by atomic mass is 9.93. The number of guanidine groups is 1. The molecule has 0 saturated carbocycles. The summed E-state index contributed by atoms with van der Waals surface area (Å²) >= 11 is 1.68. The summed E-state index contributed by atoms with van der Waals surface area (Å²) < 4.78 is 5.18. The Morgan fingerprint density at radius 2 is 1.92 bits per heavy atom. The van der Waals surface area contributed by atoms with E-state index >= 15 is 0 Å². The molecule has 0 saturated heterocycles. The van der Waals surface area contributed by atoms with Crippen molar-refractivity contribution in [2.45, 2.75) is 39.2 Å². The van der Waals surface area contributed by atoms with E-state index in [1.807, 2.05) is 12.1 Å². The third kappa shape index (κ3) is 6.05. The molecule has 1 aromatic heterocycles. The van der Waals surface area contributed by atoms with Crippen molar-refractivity contribution in [3.05, 3.63) is 45.9 Å². The molecule has 6 heteroatoms. The minimum Gasteiger partial charge on any atom is -0.497 e. The lowest BCUT2D eigenvalue weighted by Crippen LogP contribution is -2.37. The Morgan fingerprint density at radius 3 is 2.48 bits per heavy atom. The van der Waals surface area contributed by atoms with E-state index < -0.39 is 0 Å². The Labute approximate surface area is 154 Å². The zero-order valence-corrected chi connectivity index (χ0v) is 16.5. The zero-order chi connectivity index (χ0) is 18.3. The third-order valence-corrected chi connectivity index (χ3v) is 4.66. The molecule has 136 valence electrons. The summed E-state index contributed by atoms with van der Waals surface area (Å²) in [5, 5.41) is 9.87. The second kappa shape index (κ2) is 8.85. The minimum atomic E-state index is 0.0903. The monoisotopic (exact) mass is 360 g/mol. The third-order valence-electron chi connectivity index (χ3n) is 3.82. The summed E-state index contributed by atoms with van der Waals surface area (Å²) in [6, 6.07) is 8.13. The second-order valence-corrected chi connectivity index (χ2v) is 7.77. The molecule has 1 aromatic carbocycles. The highest BCUT2D eigenvalue weighted by molar-refractivity contribution is 7.09. The fourth-order valence-corrected chi connectivity index (χ4v) is 3.19. The number of thiazole rings is 1. The van der Waals surface area contributed by atoms with Gasteiger partial charge in [-0.2, -0.15) is 0 Å². The molecule has 0 atom stereocenters. The van der Waals surface area contributed by atoms with E-state index in [0.717, 1.165) is 35.4 Å².